The maximum absolute atomic E-state index is 13.0. The predicted molar refractivity (Wildman–Crippen MR) is 99.2 cm³/mol. The van der Waals surface area contributed by atoms with Crippen molar-refractivity contribution < 1.29 is 27.9 Å². The fourth-order valence-corrected chi connectivity index (χ4v) is 4.28. The summed E-state index contributed by atoms with van der Waals surface area (Å²) in [7, 11) is 0. The fraction of sp³-hybridized carbons (Fsp3) is 0.474. The molecule has 0 aromatic heterocycles. The molecule has 27 heavy (non-hydrogen) atoms. The summed E-state index contributed by atoms with van der Waals surface area (Å²) in [6, 6.07) is 2.41. The average molecular weight is 401 g/mol. The van der Waals surface area contributed by atoms with Crippen LogP contribution in [0.5, 0.6) is 5.75 Å². The van der Waals surface area contributed by atoms with E-state index in [4.69, 9.17) is 0 Å². The molecule has 8 heteroatoms. The summed E-state index contributed by atoms with van der Waals surface area (Å²) in [5, 5.41) is 9.45. The fourth-order valence-electron chi connectivity index (χ4n) is 3.07. The van der Waals surface area contributed by atoms with Crippen LogP contribution in [0.4, 0.5) is 13.2 Å². The molecule has 1 aromatic carbocycles. The molecular weight excluding hydrogens is 379 g/mol. The lowest BCUT2D eigenvalue weighted by molar-refractivity contribution is -0.138. The van der Waals surface area contributed by atoms with E-state index in [9.17, 15) is 27.9 Å². The van der Waals surface area contributed by atoms with Crippen molar-refractivity contribution in [3.05, 3.63) is 34.2 Å². The lowest BCUT2D eigenvalue weighted by Gasteiger charge is -2.25. The quantitative estimate of drug-likeness (QED) is 0.544. The number of ketones is 1. The van der Waals surface area contributed by atoms with E-state index in [1.165, 1.54) is 23.9 Å². The van der Waals surface area contributed by atoms with Gasteiger partial charge < -0.3 is 5.11 Å². The van der Waals surface area contributed by atoms with E-state index in [1.807, 2.05) is 4.90 Å². The number of carbonyl (C=O) groups is 2. The SMILES string of the molecule is CCC(CC)CN1CSC(=Cc2ccc(O)c(C(F)(F)F)c2)C1C(=O)C=O. The number of hydrogen-bond acceptors (Lipinski definition) is 5. The van der Waals surface area contributed by atoms with Crippen LogP contribution in [0.3, 0.4) is 0 Å². The van der Waals surface area contributed by atoms with Gasteiger partial charge in [-0.25, -0.2) is 0 Å². The Morgan fingerprint density at radius 2 is 2.04 bits per heavy atom. The normalized spacial score (nSPS) is 19.8. The summed E-state index contributed by atoms with van der Waals surface area (Å²) in [4.78, 5) is 25.7. The number of Topliss-reactive ketones (excluding diaryl/α,β-unsaturated/α-hetero) is 1. The van der Waals surface area contributed by atoms with Gasteiger partial charge in [-0.15, -0.1) is 11.8 Å². The number of halogens is 3. The van der Waals surface area contributed by atoms with Crippen molar-refractivity contribution in [1.29, 1.82) is 0 Å². The molecule has 1 saturated heterocycles. The topological polar surface area (TPSA) is 57.6 Å². The summed E-state index contributed by atoms with van der Waals surface area (Å²) in [6.45, 7) is 4.75. The molecule has 1 fully saturated rings. The van der Waals surface area contributed by atoms with E-state index in [2.05, 4.69) is 13.8 Å². The monoisotopic (exact) mass is 401 g/mol. The van der Waals surface area contributed by atoms with E-state index >= 15 is 0 Å². The second kappa shape index (κ2) is 8.93. The number of aldehydes is 1. The van der Waals surface area contributed by atoms with E-state index in [0.29, 0.717) is 23.2 Å². The van der Waals surface area contributed by atoms with Gasteiger partial charge in [-0.3, -0.25) is 14.5 Å². The first-order valence-electron chi connectivity index (χ1n) is 8.68. The number of alkyl halides is 3. The van der Waals surface area contributed by atoms with Crippen molar-refractivity contribution in [1.82, 2.24) is 4.90 Å². The first-order valence-corrected chi connectivity index (χ1v) is 9.67. The van der Waals surface area contributed by atoms with Crippen LogP contribution in [-0.2, 0) is 15.8 Å². The number of rotatable bonds is 7. The third-order valence-electron chi connectivity index (χ3n) is 4.70. The molecule has 1 aromatic rings. The minimum atomic E-state index is -4.68. The summed E-state index contributed by atoms with van der Waals surface area (Å²) in [5.41, 5.74) is -0.914. The number of carbonyl (C=O) groups excluding carboxylic acids is 2. The van der Waals surface area contributed by atoms with E-state index in [0.717, 1.165) is 25.0 Å². The smallest absolute Gasteiger partial charge is 0.419 e. The van der Waals surface area contributed by atoms with Crippen LogP contribution < -0.4 is 0 Å². The highest BCUT2D eigenvalue weighted by Gasteiger charge is 2.37. The Morgan fingerprint density at radius 3 is 2.59 bits per heavy atom. The molecule has 1 aliphatic heterocycles. The van der Waals surface area contributed by atoms with Gasteiger partial charge in [0.25, 0.3) is 0 Å². The maximum Gasteiger partial charge on any atom is 0.419 e. The summed E-state index contributed by atoms with van der Waals surface area (Å²) < 4.78 is 39.0. The molecule has 1 unspecified atom stereocenters. The number of phenolic OH excluding ortho intramolecular Hbond substituents is 1. The molecule has 1 atom stereocenters. The minimum absolute atomic E-state index is 0.218. The highest BCUT2D eigenvalue weighted by molar-refractivity contribution is 8.03. The van der Waals surface area contributed by atoms with Crippen molar-refractivity contribution >= 4 is 29.9 Å². The van der Waals surface area contributed by atoms with Gasteiger partial charge in [0.05, 0.1) is 5.56 Å². The highest BCUT2D eigenvalue weighted by Crippen LogP contribution is 2.39. The van der Waals surface area contributed by atoms with Gasteiger partial charge in [-0.2, -0.15) is 13.2 Å². The first kappa shape index (κ1) is 21.5. The van der Waals surface area contributed by atoms with E-state index in [1.54, 1.807) is 0 Å². The zero-order valence-corrected chi connectivity index (χ0v) is 15.9. The van der Waals surface area contributed by atoms with Gasteiger partial charge >= 0.3 is 6.18 Å². The Labute approximate surface area is 160 Å². The van der Waals surface area contributed by atoms with E-state index < -0.39 is 29.3 Å². The van der Waals surface area contributed by atoms with Crippen LogP contribution in [0.25, 0.3) is 6.08 Å². The Hall–Kier alpha value is -1.80. The van der Waals surface area contributed by atoms with Crippen molar-refractivity contribution in [3.8, 4) is 5.75 Å². The Morgan fingerprint density at radius 1 is 1.37 bits per heavy atom. The number of aromatic hydroxyl groups is 1. The van der Waals surface area contributed by atoms with Gasteiger partial charge in [0, 0.05) is 17.3 Å². The van der Waals surface area contributed by atoms with Crippen molar-refractivity contribution in [3.63, 3.8) is 0 Å². The molecule has 1 aliphatic rings. The second-order valence-electron chi connectivity index (χ2n) is 6.47. The molecule has 0 radical (unpaired) electrons. The molecule has 0 amide bonds. The number of benzene rings is 1. The van der Waals surface area contributed by atoms with Crippen molar-refractivity contribution in [2.24, 2.45) is 5.92 Å². The summed E-state index contributed by atoms with van der Waals surface area (Å²) in [5.74, 6) is -0.583. The lowest BCUT2D eigenvalue weighted by Crippen LogP contribution is -2.40. The van der Waals surface area contributed by atoms with Crippen LogP contribution in [0.1, 0.15) is 37.8 Å². The summed E-state index contributed by atoms with van der Waals surface area (Å²) >= 11 is 1.34. The lowest BCUT2D eigenvalue weighted by atomic mass is 10.0. The standard InChI is InChI=1S/C19H22F3NO3S/c1-3-12(4-2)9-23-11-27-17(18(23)16(26)10-24)8-13-5-6-15(25)14(7-13)19(20,21)22/h5-8,10,12,18,25H,3-4,9,11H2,1-2H3. The van der Waals surface area contributed by atoms with Gasteiger partial charge in [-0.1, -0.05) is 32.8 Å². The van der Waals surface area contributed by atoms with Crippen LogP contribution >= 0.6 is 11.8 Å². The van der Waals surface area contributed by atoms with Crippen molar-refractivity contribution in [2.75, 3.05) is 12.4 Å². The van der Waals surface area contributed by atoms with Crippen LogP contribution in [0.15, 0.2) is 23.1 Å². The highest BCUT2D eigenvalue weighted by atomic mass is 32.2. The third-order valence-corrected chi connectivity index (χ3v) is 5.83. The molecule has 0 bridgehead atoms. The Balaban J connectivity index is 2.36. The predicted octanol–water partition coefficient (Wildman–Crippen LogP) is 4.33. The van der Waals surface area contributed by atoms with Crippen LogP contribution in [0, 0.1) is 5.92 Å². The summed E-state index contributed by atoms with van der Waals surface area (Å²) in [6.07, 6.45) is -1.06. The first-order chi connectivity index (χ1) is 12.7. The second-order valence-corrected chi connectivity index (χ2v) is 7.49. The number of nitrogens with zero attached hydrogens (tertiary/aromatic N) is 1. The number of phenols is 1. The molecule has 4 nitrogen and oxygen atoms in total. The van der Waals surface area contributed by atoms with Crippen molar-refractivity contribution in [2.45, 2.75) is 38.9 Å². The molecule has 1 N–H and O–H groups in total. The van der Waals surface area contributed by atoms with Gasteiger partial charge in [-0.05, 0) is 29.7 Å². The van der Waals surface area contributed by atoms with E-state index in [-0.39, 0.29) is 11.8 Å². The Bertz CT molecular complexity index is 729. The average Bonchev–Trinajstić information content (AvgIpc) is 3.01. The molecule has 0 saturated carbocycles. The third kappa shape index (κ3) is 5.13. The zero-order valence-electron chi connectivity index (χ0n) is 15.1. The molecule has 148 valence electrons. The molecule has 2 rings (SSSR count). The largest absolute Gasteiger partial charge is 0.507 e. The number of thioether (sulfide) groups is 1. The maximum atomic E-state index is 13.0. The van der Waals surface area contributed by atoms with Crippen LogP contribution in [0.2, 0.25) is 0 Å². The zero-order chi connectivity index (χ0) is 20.2. The van der Waals surface area contributed by atoms with Gasteiger partial charge in [0.1, 0.15) is 11.8 Å². The molecule has 0 aliphatic carbocycles. The molecular formula is C19H22F3NO3S. The Kier molecular flexibility index (Phi) is 7.11. The molecule has 1 heterocycles. The molecule has 0 spiro atoms. The minimum Gasteiger partial charge on any atom is -0.507 e. The van der Waals surface area contributed by atoms with Gasteiger partial charge in [0.2, 0.25) is 5.78 Å². The number of hydrogen-bond donors (Lipinski definition) is 1. The van der Waals surface area contributed by atoms with Gasteiger partial charge in [0.15, 0.2) is 6.29 Å². The van der Waals surface area contributed by atoms with Crippen LogP contribution in [-0.4, -0.2) is 40.5 Å².